The summed E-state index contributed by atoms with van der Waals surface area (Å²) >= 11 is 6.34. The molecule has 0 saturated carbocycles. The van der Waals surface area contributed by atoms with Crippen molar-refractivity contribution < 1.29 is 21.9 Å². The minimum Gasteiger partial charge on any atom is -0.454 e. The van der Waals surface area contributed by atoms with E-state index in [9.17, 15) is 22.0 Å². The maximum atomic E-state index is 14.2. The van der Waals surface area contributed by atoms with Crippen molar-refractivity contribution in [3.05, 3.63) is 75.8 Å². The first-order valence-electron chi connectivity index (χ1n) is 8.90. The second-order valence-electron chi connectivity index (χ2n) is 6.95. The topological polar surface area (TPSA) is 81.2 Å². The van der Waals surface area contributed by atoms with E-state index in [1.807, 2.05) is 0 Å². The van der Waals surface area contributed by atoms with Gasteiger partial charge < -0.3 is 14.3 Å². The lowest BCUT2D eigenvalue weighted by Crippen LogP contribution is -2.08. The number of aromatic amines is 1. The molecule has 0 amide bonds. The monoisotopic (exact) mass is 464 g/mol. The molecule has 4 aromatic rings. The van der Waals surface area contributed by atoms with Crippen molar-refractivity contribution in [1.29, 1.82) is 0 Å². The van der Waals surface area contributed by atoms with Crippen LogP contribution in [-0.4, -0.2) is 24.2 Å². The minimum absolute atomic E-state index is 0.00704. The number of fused-ring (bicyclic) bond motifs is 1. The van der Waals surface area contributed by atoms with E-state index >= 15 is 0 Å². The lowest BCUT2D eigenvalue weighted by Gasteiger charge is -2.13. The summed E-state index contributed by atoms with van der Waals surface area (Å²) in [7, 11) is -1.95. The van der Waals surface area contributed by atoms with Gasteiger partial charge in [-0.05, 0) is 30.3 Å². The van der Waals surface area contributed by atoms with Crippen LogP contribution in [-0.2, 0) is 16.9 Å². The predicted octanol–water partition coefficient (Wildman–Crippen LogP) is 4.66. The molecule has 0 aliphatic carbocycles. The lowest BCUT2D eigenvalue weighted by molar-refractivity contribution is 0.438. The van der Waals surface area contributed by atoms with E-state index in [2.05, 4.69) is 4.98 Å². The second-order valence-corrected chi connectivity index (χ2v) is 9.37. The van der Waals surface area contributed by atoms with Crippen LogP contribution in [0, 0.1) is 11.6 Å². The summed E-state index contributed by atoms with van der Waals surface area (Å²) in [5.41, 5.74) is 0.562. The van der Waals surface area contributed by atoms with Gasteiger partial charge in [0.25, 0.3) is 5.56 Å². The highest BCUT2D eigenvalue weighted by Gasteiger charge is 2.21. The largest absolute Gasteiger partial charge is 0.454 e. The summed E-state index contributed by atoms with van der Waals surface area (Å²) in [5.74, 6) is -1.84. The minimum atomic E-state index is -3.59. The van der Waals surface area contributed by atoms with Gasteiger partial charge in [-0.15, -0.1) is 0 Å². The summed E-state index contributed by atoms with van der Waals surface area (Å²) in [6.45, 7) is 0. The second kappa shape index (κ2) is 7.51. The van der Waals surface area contributed by atoms with Crippen LogP contribution in [0.15, 0.2) is 58.5 Å². The third kappa shape index (κ3) is 3.82. The molecule has 0 radical (unpaired) electrons. The van der Waals surface area contributed by atoms with E-state index in [4.69, 9.17) is 16.3 Å². The number of halogens is 3. The number of sulfone groups is 1. The number of benzene rings is 2. The number of aryl methyl sites for hydroxylation is 1. The number of nitrogens with one attached hydrogen (secondary N) is 1. The standard InChI is InChI=1S/C21H15ClF2N2O4S/c1-26-10-14(19-15(22)9-25-21(27)20(19)26)13-8-12(31(2,28)29)4-6-17(13)30-18-5-3-11(23)7-16(18)24/h3-10H,1-2H3,(H,25,27). The number of H-pyrrole nitrogens is 1. The first-order valence-corrected chi connectivity index (χ1v) is 11.2. The van der Waals surface area contributed by atoms with Crippen LogP contribution in [0.3, 0.4) is 0 Å². The highest BCUT2D eigenvalue weighted by atomic mass is 35.5. The molecule has 0 bridgehead atoms. The smallest absolute Gasteiger partial charge is 0.272 e. The quantitative estimate of drug-likeness (QED) is 0.476. The van der Waals surface area contributed by atoms with E-state index < -0.39 is 21.5 Å². The van der Waals surface area contributed by atoms with Gasteiger partial charge in [0.1, 0.15) is 17.1 Å². The third-order valence-corrected chi connectivity index (χ3v) is 6.16. The molecule has 10 heteroatoms. The Morgan fingerprint density at radius 3 is 2.45 bits per heavy atom. The fourth-order valence-corrected chi connectivity index (χ4v) is 4.22. The average Bonchev–Trinajstić information content (AvgIpc) is 3.05. The molecule has 2 heterocycles. The van der Waals surface area contributed by atoms with Gasteiger partial charge in [0, 0.05) is 48.3 Å². The van der Waals surface area contributed by atoms with E-state index in [1.165, 1.54) is 24.4 Å². The van der Waals surface area contributed by atoms with Crippen LogP contribution in [0.2, 0.25) is 5.02 Å². The zero-order valence-corrected chi connectivity index (χ0v) is 17.8. The number of pyridine rings is 1. The molecule has 0 saturated heterocycles. The molecule has 0 atom stereocenters. The molecule has 0 fully saturated rings. The van der Waals surface area contributed by atoms with Gasteiger partial charge in [0.15, 0.2) is 21.4 Å². The molecule has 31 heavy (non-hydrogen) atoms. The first-order chi connectivity index (χ1) is 14.6. The van der Waals surface area contributed by atoms with Crippen LogP contribution in [0.25, 0.3) is 22.0 Å². The number of hydrogen-bond acceptors (Lipinski definition) is 4. The van der Waals surface area contributed by atoms with Crippen LogP contribution in [0.4, 0.5) is 8.78 Å². The van der Waals surface area contributed by atoms with Gasteiger partial charge in [-0.1, -0.05) is 11.6 Å². The molecule has 0 spiro atoms. The fraction of sp³-hybridized carbons (Fsp3) is 0.0952. The highest BCUT2D eigenvalue weighted by Crippen LogP contribution is 2.41. The normalized spacial score (nSPS) is 11.8. The summed E-state index contributed by atoms with van der Waals surface area (Å²) in [4.78, 5) is 14.9. The van der Waals surface area contributed by atoms with Gasteiger partial charge in [-0.3, -0.25) is 4.79 Å². The van der Waals surface area contributed by atoms with Crippen molar-refractivity contribution in [2.24, 2.45) is 7.05 Å². The van der Waals surface area contributed by atoms with E-state index in [0.29, 0.717) is 17.0 Å². The Morgan fingerprint density at radius 1 is 1.06 bits per heavy atom. The van der Waals surface area contributed by atoms with E-state index in [1.54, 1.807) is 17.8 Å². The van der Waals surface area contributed by atoms with Crippen LogP contribution in [0.1, 0.15) is 0 Å². The maximum absolute atomic E-state index is 14.2. The van der Waals surface area contributed by atoms with Gasteiger partial charge >= 0.3 is 0 Å². The molecule has 0 aliphatic rings. The molecule has 2 aromatic heterocycles. The van der Waals surface area contributed by atoms with Gasteiger partial charge in [-0.25, -0.2) is 17.2 Å². The summed E-state index contributed by atoms with van der Waals surface area (Å²) in [6, 6.07) is 6.88. The summed E-state index contributed by atoms with van der Waals surface area (Å²) < 4.78 is 58.9. The molecule has 0 aliphatic heterocycles. The van der Waals surface area contributed by atoms with E-state index in [-0.39, 0.29) is 38.1 Å². The van der Waals surface area contributed by atoms with Crippen LogP contribution < -0.4 is 10.3 Å². The molecule has 1 N–H and O–H groups in total. The van der Waals surface area contributed by atoms with Crippen molar-refractivity contribution in [2.45, 2.75) is 4.90 Å². The molecule has 2 aromatic carbocycles. The van der Waals surface area contributed by atoms with Crippen molar-refractivity contribution >= 4 is 32.3 Å². The van der Waals surface area contributed by atoms with E-state index in [0.717, 1.165) is 18.4 Å². The summed E-state index contributed by atoms with van der Waals surface area (Å²) in [6.07, 6.45) is 3.98. The molecular weight excluding hydrogens is 450 g/mol. The van der Waals surface area contributed by atoms with Crippen molar-refractivity contribution in [2.75, 3.05) is 6.26 Å². The van der Waals surface area contributed by atoms with Crippen molar-refractivity contribution in [3.8, 4) is 22.6 Å². The third-order valence-electron chi connectivity index (χ3n) is 4.75. The Balaban J connectivity index is 2.01. The zero-order valence-electron chi connectivity index (χ0n) is 16.2. The average molecular weight is 465 g/mol. The molecule has 4 rings (SSSR count). The molecular formula is C21H15ClF2N2O4S. The fourth-order valence-electron chi connectivity index (χ4n) is 3.33. The lowest BCUT2D eigenvalue weighted by atomic mass is 10.0. The van der Waals surface area contributed by atoms with Gasteiger partial charge in [-0.2, -0.15) is 0 Å². The Morgan fingerprint density at radius 2 is 1.77 bits per heavy atom. The first kappa shape index (κ1) is 21.1. The Hall–Kier alpha value is -3.17. The van der Waals surface area contributed by atoms with Crippen molar-refractivity contribution in [3.63, 3.8) is 0 Å². The number of nitrogens with zero attached hydrogens (tertiary/aromatic N) is 1. The molecule has 160 valence electrons. The Bertz CT molecular complexity index is 1510. The van der Waals surface area contributed by atoms with Gasteiger partial charge in [0.2, 0.25) is 0 Å². The molecule has 6 nitrogen and oxygen atoms in total. The maximum Gasteiger partial charge on any atom is 0.272 e. The SMILES string of the molecule is Cn1cc(-c2cc(S(C)(=O)=O)ccc2Oc2ccc(F)cc2F)c2c(Cl)c[nH]c(=O)c21. The van der Waals surface area contributed by atoms with Crippen LogP contribution >= 0.6 is 11.6 Å². The number of rotatable bonds is 4. The molecule has 0 unspecified atom stereocenters. The summed E-state index contributed by atoms with van der Waals surface area (Å²) in [5, 5.41) is 0.608. The Labute approximate surface area is 180 Å². The Kier molecular flexibility index (Phi) is 5.10. The number of aromatic nitrogens is 2. The van der Waals surface area contributed by atoms with Crippen LogP contribution in [0.5, 0.6) is 11.5 Å². The predicted molar refractivity (Wildman–Crippen MR) is 114 cm³/mol. The zero-order chi connectivity index (χ0) is 22.5. The number of ether oxygens (including phenoxy) is 1. The number of hydrogen-bond donors (Lipinski definition) is 1. The van der Waals surface area contributed by atoms with Crippen molar-refractivity contribution in [1.82, 2.24) is 9.55 Å². The van der Waals surface area contributed by atoms with Gasteiger partial charge in [0.05, 0.1) is 9.92 Å². The highest BCUT2D eigenvalue weighted by molar-refractivity contribution is 7.90.